The number of rotatable bonds is 2. The van der Waals surface area contributed by atoms with Crippen molar-refractivity contribution in [1.82, 2.24) is 15.5 Å². The van der Waals surface area contributed by atoms with E-state index in [-0.39, 0.29) is 18.1 Å². The second kappa shape index (κ2) is 4.37. The van der Waals surface area contributed by atoms with Crippen molar-refractivity contribution in [2.24, 2.45) is 0 Å². The lowest BCUT2D eigenvalue weighted by atomic mass is 10.1. The second-order valence-electron chi connectivity index (χ2n) is 4.29. The maximum atomic E-state index is 11.8. The third-order valence-corrected chi connectivity index (χ3v) is 3.22. The third kappa shape index (κ3) is 1.94. The van der Waals surface area contributed by atoms with Crippen LogP contribution in [-0.4, -0.2) is 53.9 Å². The highest BCUT2D eigenvalue weighted by Gasteiger charge is 2.45. The van der Waals surface area contributed by atoms with E-state index in [4.69, 9.17) is 0 Å². The largest absolute Gasteiger partial charge is 0.390 e. The Labute approximate surface area is 89.8 Å². The molecule has 2 fully saturated rings. The molecule has 2 saturated heterocycles. The molecule has 0 radical (unpaired) electrons. The van der Waals surface area contributed by atoms with Gasteiger partial charge in [0.25, 0.3) is 0 Å². The van der Waals surface area contributed by atoms with E-state index in [1.165, 1.54) is 0 Å². The molecule has 15 heavy (non-hydrogen) atoms. The van der Waals surface area contributed by atoms with Gasteiger partial charge in [-0.3, -0.25) is 0 Å². The number of likely N-dealkylation sites (tertiary alicyclic amines) is 1. The number of urea groups is 1. The van der Waals surface area contributed by atoms with Crippen LogP contribution in [0.4, 0.5) is 4.79 Å². The van der Waals surface area contributed by atoms with Crippen molar-refractivity contribution in [2.75, 3.05) is 19.6 Å². The summed E-state index contributed by atoms with van der Waals surface area (Å²) in [5.41, 5.74) is 0. The summed E-state index contributed by atoms with van der Waals surface area (Å²) in [4.78, 5) is 13.5. The van der Waals surface area contributed by atoms with Crippen LogP contribution in [0.2, 0.25) is 0 Å². The molecule has 0 aliphatic carbocycles. The number of hydrogen-bond donors (Lipinski definition) is 3. The molecule has 3 atom stereocenters. The van der Waals surface area contributed by atoms with Gasteiger partial charge in [-0.15, -0.1) is 0 Å². The van der Waals surface area contributed by atoms with Gasteiger partial charge in [-0.05, 0) is 19.4 Å². The van der Waals surface area contributed by atoms with Gasteiger partial charge in [0.05, 0.1) is 24.7 Å². The molecule has 0 bridgehead atoms. The molecule has 2 aliphatic rings. The number of nitrogens with one attached hydrogen (secondary N) is 2. The van der Waals surface area contributed by atoms with Gasteiger partial charge in [-0.25, -0.2) is 4.79 Å². The van der Waals surface area contributed by atoms with Crippen molar-refractivity contribution < 1.29 is 9.90 Å². The minimum atomic E-state index is -0.412. The van der Waals surface area contributed by atoms with Crippen molar-refractivity contribution >= 4 is 6.03 Å². The van der Waals surface area contributed by atoms with E-state index in [1.54, 1.807) is 4.90 Å². The zero-order valence-electron chi connectivity index (χ0n) is 9.07. The SMILES string of the molecule is CCCNC(=O)N1CC(O)C2NCCC21. The van der Waals surface area contributed by atoms with Crippen molar-refractivity contribution in [2.45, 2.75) is 38.0 Å². The molecule has 5 nitrogen and oxygen atoms in total. The van der Waals surface area contributed by atoms with Gasteiger partial charge >= 0.3 is 6.03 Å². The van der Waals surface area contributed by atoms with Crippen molar-refractivity contribution in [3.63, 3.8) is 0 Å². The predicted octanol–water partition coefficient (Wildman–Crippen LogP) is -0.487. The number of hydrogen-bond acceptors (Lipinski definition) is 3. The van der Waals surface area contributed by atoms with Crippen molar-refractivity contribution in [3.8, 4) is 0 Å². The number of β-amino-alcohol motifs (C(OH)–C–C–N with tert-alkyl or cyclic N) is 1. The predicted molar refractivity (Wildman–Crippen MR) is 56.6 cm³/mol. The molecule has 0 saturated carbocycles. The molecular formula is C10H19N3O2. The Kier molecular flexibility index (Phi) is 3.11. The van der Waals surface area contributed by atoms with Crippen LogP contribution in [0, 0.1) is 0 Å². The number of aliphatic hydroxyl groups excluding tert-OH is 1. The van der Waals surface area contributed by atoms with E-state index in [9.17, 15) is 9.90 Å². The molecule has 0 spiro atoms. The molecule has 3 unspecified atom stereocenters. The summed E-state index contributed by atoms with van der Waals surface area (Å²) in [7, 11) is 0. The molecule has 3 N–H and O–H groups in total. The Hall–Kier alpha value is -0.810. The lowest BCUT2D eigenvalue weighted by Crippen LogP contribution is -2.44. The quantitative estimate of drug-likeness (QED) is 0.580. The Morgan fingerprint density at radius 3 is 3.20 bits per heavy atom. The van der Waals surface area contributed by atoms with Gasteiger partial charge in [0.1, 0.15) is 0 Å². The first-order valence-corrected chi connectivity index (χ1v) is 5.70. The van der Waals surface area contributed by atoms with Crippen LogP contribution in [0.5, 0.6) is 0 Å². The average Bonchev–Trinajstić information content (AvgIpc) is 2.79. The molecule has 5 heteroatoms. The Morgan fingerprint density at radius 1 is 1.67 bits per heavy atom. The number of nitrogens with zero attached hydrogens (tertiary/aromatic N) is 1. The molecule has 0 aromatic heterocycles. The summed E-state index contributed by atoms with van der Waals surface area (Å²) in [6.45, 7) is 4.08. The maximum Gasteiger partial charge on any atom is 0.317 e. The van der Waals surface area contributed by atoms with Crippen LogP contribution in [0.1, 0.15) is 19.8 Å². The summed E-state index contributed by atoms with van der Waals surface area (Å²) in [5, 5.41) is 15.9. The van der Waals surface area contributed by atoms with E-state index >= 15 is 0 Å². The van der Waals surface area contributed by atoms with Gasteiger partial charge < -0.3 is 20.6 Å². The van der Waals surface area contributed by atoms with Crippen LogP contribution in [0.25, 0.3) is 0 Å². The highest BCUT2D eigenvalue weighted by Crippen LogP contribution is 2.25. The Bertz CT molecular complexity index is 247. The number of carbonyl (C=O) groups is 1. The Morgan fingerprint density at radius 2 is 2.47 bits per heavy atom. The van der Waals surface area contributed by atoms with Gasteiger partial charge in [-0.1, -0.05) is 6.92 Å². The number of aliphatic hydroxyl groups is 1. The zero-order chi connectivity index (χ0) is 10.8. The van der Waals surface area contributed by atoms with Crippen LogP contribution in [0.3, 0.4) is 0 Å². The fraction of sp³-hybridized carbons (Fsp3) is 0.900. The highest BCUT2D eigenvalue weighted by molar-refractivity contribution is 5.75. The molecule has 0 aromatic carbocycles. The average molecular weight is 213 g/mol. The van der Waals surface area contributed by atoms with Crippen LogP contribution < -0.4 is 10.6 Å². The van der Waals surface area contributed by atoms with Gasteiger partial charge in [0.15, 0.2) is 0 Å². The molecule has 86 valence electrons. The number of fused-ring (bicyclic) bond motifs is 1. The van der Waals surface area contributed by atoms with E-state index in [0.29, 0.717) is 13.1 Å². The summed E-state index contributed by atoms with van der Waals surface area (Å²) >= 11 is 0. The molecule has 2 amide bonds. The smallest absolute Gasteiger partial charge is 0.317 e. The van der Waals surface area contributed by atoms with E-state index in [2.05, 4.69) is 10.6 Å². The van der Waals surface area contributed by atoms with Crippen LogP contribution >= 0.6 is 0 Å². The van der Waals surface area contributed by atoms with Gasteiger partial charge in [0, 0.05) is 6.54 Å². The molecule has 2 aliphatic heterocycles. The molecule has 2 heterocycles. The molecule has 0 aromatic rings. The maximum absolute atomic E-state index is 11.8. The topological polar surface area (TPSA) is 64.6 Å². The van der Waals surface area contributed by atoms with E-state index < -0.39 is 6.10 Å². The van der Waals surface area contributed by atoms with Gasteiger partial charge in [-0.2, -0.15) is 0 Å². The normalized spacial score (nSPS) is 34.3. The molecule has 2 rings (SSSR count). The lowest BCUT2D eigenvalue weighted by molar-refractivity contribution is 0.155. The minimum absolute atomic E-state index is 0.0351. The zero-order valence-corrected chi connectivity index (χ0v) is 9.07. The summed E-state index contributed by atoms with van der Waals surface area (Å²) in [5.74, 6) is 0. The first-order valence-electron chi connectivity index (χ1n) is 5.70. The minimum Gasteiger partial charge on any atom is -0.390 e. The summed E-state index contributed by atoms with van der Waals surface area (Å²) < 4.78 is 0. The first-order chi connectivity index (χ1) is 7.24. The lowest BCUT2D eigenvalue weighted by Gasteiger charge is -2.23. The van der Waals surface area contributed by atoms with E-state index in [0.717, 1.165) is 19.4 Å². The first kappa shape index (κ1) is 10.7. The number of carbonyl (C=O) groups excluding carboxylic acids is 1. The number of amides is 2. The van der Waals surface area contributed by atoms with Crippen molar-refractivity contribution in [3.05, 3.63) is 0 Å². The standard InChI is InChI=1S/C10H19N3O2/c1-2-4-12-10(15)13-6-8(14)9-7(13)3-5-11-9/h7-9,11,14H,2-6H2,1H3,(H,12,15). The monoisotopic (exact) mass is 213 g/mol. The van der Waals surface area contributed by atoms with Crippen LogP contribution in [-0.2, 0) is 0 Å². The van der Waals surface area contributed by atoms with E-state index in [1.807, 2.05) is 6.92 Å². The fourth-order valence-corrected chi connectivity index (χ4v) is 2.47. The highest BCUT2D eigenvalue weighted by atomic mass is 16.3. The molecular weight excluding hydrogens is 194 g/mol. The van der Waals surface area contributed by atoms with Crippen LogP contribution in [0.15, 0.2) is 0 Å². The summed E-state index contributed by atoms with van der Waals surface area (Å²) in [6, 6.07) is 0.223. The third-order valence-electron chi connectivity index (χ3n) is 3.22. The second-order valence-corrected chi connectivity index (χ2v) is 4.29. The Balaban J connectivity index is 1.95. The van der Waals surface area contributed by atoms with Crippen molar-refractivity contribution in [1.29, 1.82) is 0 Å². The summed E-state index contributed by atoms with van der Waals surface area (Å²) in [6.07, 6.45) is 1.47. The van der Waals surface area contributed by atoms with Gasteiger partial charge in [0.2, 0.25) is 0 Å². The fourth-order valence-electron chi connectivity index (χ4n) is 2.47.